The van der Waals surface area contributed by atoms with Crippen molar-refractivity contribution in [2.24, 2.45) is 0 Å². The molecule has 0 spiro atoms. The molecule has 0 aromatic carbocycles. The van der Waals surface area contributed by atoms with E-state index in [4.69, 9.17) is 4.52 Å². The first-order chi connectivity index (χ1) is 10.6. The first-order valence-electron chi connectivity index (χ1n) is 7.96. The molecule has 2 rings (SSSR count). The van der Waals surface area contributed by atoms with Crippen molar-refractivity contribution in [2.75, 3.05) is 6.54 Å². The molecule has 2 heterocycles. The Bertz CT molecular complexity index is 513. The van der Waals surface area contributed by atoms with Crippen LogP contribution in [0.4, 0.5) is 0 Å². The van der Waals surface area contributed by atoms with E-state index in [-0.39, 0.29) is 17.7 Å². The van der Waals surface area contributed by atoms with Crippen LogP contribution in [0.15, 0.2) is 4.52 Å². The van der Waals surface area contributed by atoms with Crippen molar-refractivity contribution in [1.82, 2.24) is 20.8 Å². The van der Waals surface area contributed by atoms with Crippen LogP contribution in [-0.4, -0.2) is 34.5 Å². The van der Waals surface area contributed by atoms with E-state index < -0.39 is 6.04 Å². The van der Waals surface area contributed by atoms with Gasteiger partial charge in [0.2, 0.25) is 17.7 Å². The van der Waals surface area contributed by atoms with E-state index in [2.05, 4.69) is 20.8 Å². The van der Waals surface area contributed by atoms with Crippen molar-refractivity contribution >= 4 is 11.8 Å². The zero-order valence-corrected chi connectivity index (χ0v) is 13.2. The second kappa shape index (κ2) is 7.91. The molecule has 1 aromatic rings. The van der Waals surface area contributed by atoms with Gasteiger partial charge < -0.3 is 15.2 Å². The van der Waals surface area contributed by atoms with Gasteiger partial charge in [0.15, 0.2) is 5.82 Å². The summed E-state index contributed by atoms with van der Waals surface area (Å²) in [6.07, 6.45) is 4.17. The fraction of sp³-hybridized carbons (Fsp3) is 0.733. The topological polar surface area (TPSA) is 97.1 Å². The maximum atomic E-state index is 11.9. The first kappa shape index (κ1) is 16.5. The summed E-state index contributed by atoms with van der Waals surface area (Å²) in [6, 6.07) is -0.397. The summed E-state index contributed by atoms with van der Waals surface area (Å²) < 4.78 is 5.13. The molecule has 1 aliphatic rings. The Hall–Kier alpha value is -1.92. The van der Waals surface area contributed by atoms with Crippen molar-refractivity contribution in [3.8, 4) is 0 Å². The van der Waals surface area contributed by atoms with Gasteiger partial charge in [-0.1, -0.05) is 19.0 Å². The predicted molar refractivity (Wildman–Crippen MR) is 80.1 cm³/mol. The standard InChI is InChI=1S/C15H24N4O3/c1-10(2)14-18-13(22-19-14)8-5-7-12(20)17-11-6-3-4-9-16-15(11)21/h10-11H,3-9H2,1-2H3,(H,16,21)(H,17,20). The second-order valence-corrected chi connectivity index (χ2v) is 5.96. The lowest BCUT2D eigenvalue weighted by molar-refractivity contribution is -0.128. The average Bonchev–Trinajstić information content (AvgIpc) is 2.86. The quantitative estimate of drug-likeness (QED) is 0.825. The molecule has 0 saturated carbocycles. The third-order valence-corrected chi connectivity index (χ3v) is 3.67. The van der Waals surface area contributed by atoms with Gasteiger partial charge in [-0.25, -0.2) is 0 Å². The van der Waals surface area contributed by atoms with Crippen molar-refractivity contribution in [3.63, 3.8) is 0 Å². The van der Waals surface area contributed by atoms with Gasteiger partial charge in [-0.15, -0.1) is 0 Å². The summed E-state index contributed by atoms with van der Waals surface area (Å²) in [7, 11) is 0. The Kier molecular flexibility index (Phi) is 5.91. The van der Waals surface area contributed by atoms with Crippen molar-refractivity contribution in [1.29, 1.82) is 0 Å². The van der Waals surface area contributed by atoms with Gasteiger partial charge in [0.05, 0.1) is 0 Å². The van der Waals surface area contributed by atoms with Gasteiger partial charge in [-0.05, 0) is 25.7 Å². The fourth-order valence-electron chi connectivity index (χ4n) is 2.35. The van der Waals surface area contributed by atoms with E-state index >= 15 is 0 Å². The number of nitrogens with one attached hydrogen (secondary N) is 2. The van der Waals surface area contributed by atoms with E-state index in [1.165, 1.54) is 0 Å². The number of aryl methyl sites for hydroxylation is 1. The molecular weight excluding hydrogens is 284 g/mol. The maximum absolute atomic E-state index is 11.9. The first-order valence-corrected chi connectivity index (χ1v) is 7.96. The molecule has 1 atom stereocenters. The van der Waals surface area contributed by atoms with Crippen LogP contribution < -0.4 is 10.6 Å². The van der Waals surface area contributed by atoms with E-state index in [1.807, 2.05) is 13.8 Å². The molecule has 2 amide bonds. The van der Waals surface area contributed by atoms with Crippen LogP contribution >= 0.6 is 0 Å². The molecule has 1 fully saturated rings. The molecule has 122 valence electrons. The average molecular weight is 308 g/mol. The highest BCUT2D eigenvalue weighted by atomic mass is 16.5. The highest BCUT2D eigenvalue weighted by molar-refractivity contribution is 5.87. The molecule has 1 aliphatic heterocycles. The predicted octanol–water partition coefficient (Wildman–Crippen LogP) is 1.30. The number of nitrogens with zero attached hydrogens (tertiary/aromatic N) is 2. The van der Waals surface area contributed by atoms with Crippen molar-refractivity contribution in [3.05, 3.63) is 11.7 Å². The number of hydrogen-bond acceptors (Lipinski definition) is 5. The van der Waals surface area contributed by atoms with Gasteiger partial charge in [0.1, 0.15) is 6.04 Å². The third-order valence-electron chi connectivity index (χ3n) is 3.67. The molecule has 7 heteroatoms. The minimum atomic E-state index is -0.397. The highest BCUT2D eigenvalue weighted by Crippen LogP contribution is 2.11. The molecular formula is C15H24N4O3. The Labute approximate surface area is 130 Å². The second-order valence-electron chi connectivity index (χ2n) is 5.96. The molecule has 1 aromatic heterocycles. The number of carbonyl (C=O) groups excluding carboxylic acids is 2. The fourth-order valence-corrected chi connectivity index (χ4v) is 2.35. The lowest BCUT2D eigenvalue weighted by Crippen LogP contribution is -2.45. The van der Waals surface area contributed by atoms with Crippen molar-refractivity contribution < 1.29 is 14.1 Å². The van der Waals surface area contributed by atoms with Crippen LogP contribution in [0.1, 0.15) is 63.6 Å². The van der Waals surface area contributed by atoms with E-state index in [0.29, 0.717) is 43.9 Å². The molecule has 22 heavy (non-hydrogen) atoms. The van der Waals surface area contributed by atoms with Crippen LogP contribution in [0.5, 0.6) is 0 Å². The largest absolute Gasteiger partial charge is 0.354 e. The zero-order chi connectivity index (χ0) is 15.9. The molecule has 0 aliphatic carbocycles. The van der Waals surface area contributed by atoms with Crippen molar-refractivity contribution in [2.45, 2.75) is 64.3 Å². The van der Waals surface area contributed by atoms with E-state index in [1.54, 1.807) is 0 Å². The molecule has 0 radical (unpaired) electrons. The number of amides is 2. The number of carbonyl (C=O) groups is 2. The van der Waals surface area contributed by atoms with E-state index in [9.17, 15) is 9.59 Å². The highest BCUT2D eigenvalue weighted by Gasteiger charge is 2.22. The van der Waals surface area contributed by atoms with Crippen LogP contribution in [0.25, 0.3) is 0 Å². The van der Waals surface area contributed by atoms with Gasteiger partial charge in [-0.2, -0.15) is 4.98 Å². The van der Waals surface area contributed by atoms with Gasteiger partial charge in [-0.3, -0.25) is 9.59 Å². The molecule has 2 N–H and O–H groups in total. The Balaban J connectivity index is 1.71. The minimum Gasteiger partial charge on any atom is -0.354 e. The van der Waals surface area contributed by atoms with Crippen LogP contribution in [0.3, 0.4) is 0 Å². The smallest absolute Gasteiger partial charge is 0.242 e. The monoisotopic (exact) mass is 308 g/mol. The van der Waals surface area contributed by atoms with Crippen LogP contribution in [0, 0.1) is 0 Å². The third kappa shape index (κ3) is 4.82. The SMILES string of the molecule is CC(C)c1noc(CCCC(=O)NC2CCCCNC2=O)n1. The number of rotatable bonds is 6. The summed E-state index contributed by atoms with van der Waals surface area (Å²) in [6.45, 7) is 4.69. The van der Waals surface area contributed by atoms with E-state index in [0.717, 1.165) is 12.8 Å². The zero-order valence-electron chi connectivity index (χ0n) is 13.2. The summed E-state index contributed by atoms with van der Waals surface area (Å²) in [5.74, 6) is 1.29. The maximum Gasteiger partial charge on any atom is 0.242 e. The summed E-state index contributed by atoms with van der Waals surface area (Å²) >= 11 is 0. The summed E-state index contributed by atoms with van der Waals surface area (Å²) in [4.78, 5) is 27.9. The van der Waals surface area contributed by atoms with Crippen LogP contribution in [-0.2, 0) is 16.0 Å². The molecule has 7 nitrogen and oxygen atoms in total. The lowest BCUT2D eigenvalue weighted by atomic mass is 10.1. The Morgan fingerprint density at radius 1 is 1.45 bits per heavy atom. The summed E-state index contributed by atoms with van der Waals surface area (Å²) in [5.41, 5.74) is 0. The van der Waals surface area contributed by atoms with Gasteiger partial charge in [0.25, 0.3) is 0 Å². The summed E-state index contributed by atoms with van der Waals surface area (Å²) in [5, 5.41) is 9.50. The minimum absolute atomic E-state index is 0.0793. The van der Waals surface area contributed by atoms with Gasteiger partial charge >= 0.3 is 0 Å². The van der Waals surface area contributed by atoms with Crippen LogP contribution in [0.2, 0.25) is 0 Å². The van der Waals surface area contributed by atoms with Gasteiger partial charge in [0, 0.05) is 25.3 Å². The Morgan fingerprint density at radius 2 is 2.27 bits per heavy atom. The molecule has 0 bridgehead atoms. The normalized spacial score (nSPS) is 18.9. The lowest BCUT2D eigenvalue weighted by Gasteiger charge is -2.14. The number of hydrogen-bond donors (Lipinski definition) is 2. The number of aromatic nitrogens is 2. The molecule has 1 unspecified atom stereocenters. The molecule has 1 saturated heterocycles. The Morgan fingerprint density at radius 3 is 3.00 bits per heavy atom.